The first-order chi connectivity index (χ1) is 21.3. The van der Waals surface area contributed by atoms with Crippen molar-refractivity contribution in [2.24, 2.45) is 16.7 Å². The van der Waals surface area contributed by atoms with Crippen molar-refractivity contribution in [3.63, 3.8) is 0 Å². The van der Waals surface area contributed by atoms with E-state index in [-0.39, 0.29) is 39.9 Å². The van der Waals surface area contributed by atoms with Crippen LogP contribution < -0.4 is 10.4 Å². The van der Waals surface area contributed by atoms with Crippen molar-refractivity contribution < 1.29 is 40.3 Å². The van der Waals surface area contributed by atoms with E-state index in [1.165, 1.54) is 18.3 Å². The average molecular weight is 668 g/mol. The molecule has 1 atom stereocenters. The normalized spacial score (nSPS) is 13.5. The van der Waals surface area contributed by atoms with Crippen molar-refractivity contribution >= 4 is 26.8 Å². The van der Waals surface area contributed by atoms with Crippen LogP contribution in [0.4, 0.5) is 13.2 Å². The van der Waals surface area contributed by atoms with E-state index in [1.807, 2.05) is 13.8 Å². The van der Waals surface area contributed by atoms with Crippen molar-refractivity contribution in [3.8, 4) is 17.0 Å². The molecule has 46 heavy (non-hydrogen) atoms. The molecule has 0 bridgehead atoms. The predicted octanol–water partition coefficient (Wildman–Crippen LogP) is 8.51. The lowest BCUT2D eigenvalue weighted by Gasteiger charge is -2.34. The smallest absolute Gasteiger partial charge is 0.478 e. The molecule has 3 rings (SSSR count). The highest BCUT2D eigenvalue weighted by Gasteiger charge is 2.46. The molecule has 0 aliphatic heterocycles. The van der Waals surface area contributed by atoms with E-state index in [0.29, 0.717) is 18.6 Å². The van der Waals surface area contributed by atoms with E-state index in [4.69, 9.17) is 13.9 Å². The number of hydrogen-bond acceptors (Lipinski definition) is 8. The fourth-order valence-electron chi connectivity index (χ4n) is 5.04. The maximum Gasteiger partial charge on any atom is 0.501 e. The van der Waals surface area contributed by atoms with Gasteiger partial charge in [0.2, 0.25) is 5.88 Å². The Morgan fingerprint density at radius 1 is 0.913 bits per heavy atom. The summed E-state index contributed by atoms with van der Waals surface area (Å²) in [5, 5.41) is 0.461. The van der Waals surface area contributed by atoms with Crippen LogP contribution >= 0.6 is 0 Å². The number of pyridine rings is 1. The molecule has 0 spiro atoms. The summed E-state index contributed by atoms with van der Waals surface area (Å²) in [7, 11) is -5.50. The molecule has 0 aliphatic rings. The highest BCUT2D eigenvalue weighted by molar-refractivity contribution is 7.92. The van der Waals surface area contributed by atoms with Gasteiger partial charge in [0.25, 0.3) is 9.84 Å². The molecule has 0 saturated carbocycles. The summed E-state index contributed by atoms with van der Waals surface area (Å²) in [5.74, 6) is 0.366. The number of nitrogens with zero attached hydrogens (tertiary/aromatic N) is 1. The number of alkyl halides is 3. The third-order valence-electron chi connectivity index (χ3n) is 8.07. The number of aromatic nitrogens is 1. The van der Waals surface area contributed by atoms with Gasteiger partial charge in [0.15, 0.2) is 0 Å². The molecular formula is C34H44F3NO7S. The maximum absolute atomic E-state index is 12.8. The number of halogens is 3. The zero-order chi connectivity index (χ0) is 34.3. The van der Waals surface area contributed by atoms with Crippen molar-refractivity contribution in [3.05, 3.63) is 53.0 Å². The molecule has 12 heteroatoms. The number of unbranched alkanes of at least 4 members (excludes halogenated alkanes) is 5. The van der Waals surface area contributed by atoms with Gasteiger partial charge in [-0.1, -0.05) is 65.5 Å². The van der Waals surface area contributed by atoms with Crippen LogP contribution in [0, 0.1) is 16.7 Å². The molecule has 0 N–H and O–H groups in total. The lowest BCUT2D eigenvalue weighted by molar-refractivity contribution is -0.157. The SMILES string of the molecule is CC(CC(C)(C)C)C(C)(C)C(=O)OCCCCCCCCOc1cc2oc(=O)c(-c3ccc(S(=O)(=O)C(F)(F)F)cc3)cc2cn1. The fraction of sp³-hybridized carbons (Fsp3) is 0.559. The van der Waals surface area contributed by atoms with Crippen molar-refractivity contribution in [2.45, 2.75) is 96.9 Å². The molecule has 8 nitrogen and oxygen atoms in total. The second kappa shape index (κ2) is 15.0. The quantitative estimate of drug-likeness (QED) is 0.117. The van der Waals surface area contributed by atoms with Gasteiger partial charge in [0.05, 0.1) is 29.1 Å². The molecule has 0 saturated heterocycles. The fourth-order valence-corrected chi connectivity index (χ4v) is 5.80. The monoisotopic (exact) mass is 667 g/mol. The topological polar surface area (TPSA) is 113 Å². The minimum Gasteiger partial charge on any atom is -0.478 e. The average Bonchev–Trinajstić information content (AvgIpc) is 2.96. The molecule has 254 valence electrons. The van der Waals surface area contributed by atoms with Crippen LogP contribution in [-0.4, -0.2) is 38.1 Å². The van der Waals surface area contributed by atoms with Crippen molar-refractivity contribution in [1.82, 2.24) is 4.98 Å². The van der Waals surface area contributed by atoms with Crippen LogP contribution in [0.3, 0.4) is 0 Å². The lowest BCUT2D eigenvalue weighted by atomic mass is 9.72. The van der Waals surface area contributed by atoms with E-state index >= 15 is 0 Å². The minimum absolute atomic E-state index is 0.0478. The first-order valence-electron chi connectivity index (χ1n) is 15.5. The number of hydrogen-bond donors (Lipinski definition) is 0. The summed E-state index contributed by atoms with van der Waals surface area (Å²) in [4.78, 5) is 28.6. The zero-order valence-electron chi connectivity index (χ0n) is 27.3. The Bertz CT molecular complexity index is 1640. The summed E-state index contributed by atoms with van der Waals surface area (Å²) in [6.07, 6.45) is 7.98. The standard InChI is InChI=1S/C34H44F3NO7S/c1-23(21-32(2,3)4)33(5,6)31(40)44-18-12-10-8-7-9-11-17-43-29-20-28-25(22-38-29)19-27(30(39)45-28)24-13-15-26(16-14-24)46(41,42)34(35,36)37/h13-16,19-20,22-23H,7-12,17-18,21H2,1-6H3. The van der Waals surface area contributed by atoms with Crippen molar-refractivity contribution in [2.75, 3.05) is 13.2 Å². The Kier molecular flexibility index (Phi) is 12.1. The second-order valence-corrected chi connectivity index (χ2v) is 15.4. The largest absolute Gasteiger partial charge is 0.501 e. The first-order valence-corrected chi connectivity index (χ1v) is 17.0. The molecule has 0 aliphatic carbocycles. The van der Waals surface area contributed by atoms with E-state index in [9.17, 15) is 31.2 Å². The number of fused-ring (bicyclic) bond motifs is 1. The van der Waals surface area contributed by atoms with Crippen LogP contribution in [0.25, 0.3) is 22.1 Å². The van der Waals surface area contributed by atoms with Gasteiger partial charge in [-0.05, 0) is 68.2 Å². The highest BCUT2D eigenvalue weighted by Crippen LogP contribution is 2.37. The predicted molar refractivity (Wildman–Crippen MR) is 170 cm³/mol. The van der Waals surface area contributed by atoms with E-state index in [0.717, 1.165) is 69.2 Å². The highest BCUT2D eigenvalue weighted by atomic mass is 32.2. The number of benzene rings is 1. The number of carbonyl (C=O) groups excluding carboxylic acids is 1. The van der Waals surface area contributed by atoms with Gasteiger partial charge in [-0.15, -0.1) is 0 Å². The first kappa shape index (κ1) is 37.1. The van der Waals surface area contributed by atoms with Crippen LogP contribution in [0.1, 0.15) is 86.5 Å². The van der Waals surface area contributed by atoms with Crippen LogP contribution in [0.2, 0.25) is 0 Å². The Labute approximate surface area is 268 Å². The van der Waals surface area contributed by atoms with Gasteiger partial charge < -0.3 is 13.9 Å². The van der Waals surface area contributed by atoms with E-state index < -0.39 is 31.3 Å². The Hall–Kier alpha value is -3.41. The van der Waals surface area contributed by atoms with E-state index in [1.54, 1.807) is 0 Å². The number of esters is 1. The third kappa shape index (κ3) is 9.80. The Morgan fingerprint density at radius 2 is 1.50 bits per heavy atom. The number of rotatable bonds is 15. The lowest BCUT2D eigenvalue weighted by Crippen LogP contribution is -2.35. The van der Waals surface area contributed by atoms with Crippen LogP contribution in [-0.2, 0) is 19.4 Å². The van der Waals surface area contributed by atoms with Gasteiger partial charge in [-0.3, -0.25) is 4.79 Å². The zero-order valence-corrected chi connectivity index (χ0v) is 28.1. The number of carbonyl (C=O) groups is 1. The second-order valence-electron chi connectivity index (χ2n) is 13.5. The van der Waals surface area contributed by atoms with Gasteiger partial charge in [0.1, 0.15) is 5.58 Å². The van der Waals surface area contributed by atoms with Gasteiger partial charge in [-0.2, -0.15) is 13.2 Å². The Morgan fingerprint density at radius 3 is 2.09 bits per heavy atom. The molecule has 0 fully saturated rings. The molecule has 3 aromatic rings. The number of sulfone groups is 1. The molecular weight excluding hydrogens is 623 g/mol. The molecule has 0 amide bonds. The summed E-state index contributed by atoms with van der Waals surface area (Å²) in [6, 6.07) is 6.80. The summed E-state index contributed by atoms with van der Waals surface area (Å²) in [5.41, 5.74) is -6.07. The Balaban J connectivity index is 1.40. The number of ether oxygens (including phenoxy) is 2. The van der Waals surface area contributed by atoms with Gasteiger partial charge in [-0.25, -0.2) is 18.2 Å². The molecule has 2 aromatic heterocycles. The van der Waals surface area contributed by atoms with Crippen LogP contribution in [0.5, 0.6) is 5.88 Å². The summed E-state index contributed by atoms with van der Waals surface area (Å²) in [6.45, 7) is 13.4. The molecule has 2 heterocycles. The third-order valence-corrected chi connectivity index (χ3v) is 9.57. The van der Waals surface area contributed by atoms with Gasteiger partial charge >= 0.3 is 17.1 Å². The maximum atomic E-state index is 12.8. The molecule has 0 radical (unpaired) electrons. The van der Waals surface area contributed by atoms with E-state index in [2.05, 4.69) is 32.7 Å². The van der Waals surface area contributed by atoms with Gasteiger partial charge in [0, 0.05) is 17.6 Å². The summed E-state index contributed by atoms with van der Waals surface area (Å²) < 4.78 is 78.3. The van der Waals surface area contributed by atoms with Crippen molar-refractivity contribution in [1.29, 1.82) is 0 Å². The van der Waals surface area contributed by atoms with Crippen LogP contribution in [0.15, 0.2) is 56.7 Å². The summed E-state index contributed by atoms with van der Waals surface area (Å²) >= 11 is 0. The molecule has 1 aromatic carbocycles. The molecule has 1 unspecified atom stereocenters. The minimum atomic E-state index is -5.50.